The van der Waals surface area contributed by atoms with Gasteiger partial charge in [-0.15, -0.1) is 0 Å². The van der Waals surface area contributed by atoms with Crippen LogP contribution in [-0.2, 0) is 4.74 Å². The van der Waals surface area contributed by atoms with Gasteiger partial charge in [-0.1, -0.05) is 19.8 Å². The van der Waals surface area contributed by atoms with E-state index in [1.54, 1.807) is 0 Å². The van der Waals surface area contributed by atoms with Gasteiger partial charge in [0.05, 0.1) is 11.7 Å². The number of rotatable bonds is 3. The molecule has 3 fully saturated rings. The van der Waals surface area contributed by atoms with E-state index in [4.69, 9.17) is 4.74 Å². The smallest absolute Gasteiger partial charge is 0.0710 e. The van der Waals surface area contributed by atoms with Gasteiger partial charge in [0.15, 0.2) is 0 Å². The van der Waals surface area contributed by atoms with Crippen LogP contribution in [0.25, 0.3) is 0 Å². The molecule has 20 heavy (non-hydrogen) atoms. The molecule has 1 N–H and O–H groups in total. The zero-order valence-corrected chi connectivity index (χ0v) is 13.4. The Balaban J connectivity index is 1.54. The van der Waals surface area contributed by atoms with Crippen LogP contribution in [0.4, 0.5) is 0 Å². The molecule has 0 amide bonds. The summed E-state index contributed by atoms with van der Waals surface area (Å²) in [6.07, 6.45) is 11.0. The Labute approximate surface area is 124 Å². The molecule has 116 valence electrons. The van der Waals surface area contributed by atoms with Crippen LogP contribution in [0.5, 0.6) is 0 Å². The van der Waals surface area contributed by atoms with Gasteiger partial charge in [0.25, 0.3) is 0 Å². The highest BCUT2D eigenvalue weighted by Gasteiger charge is 2.42. The van der Waals surface area contributed by atoms with E-state index in [0.29, 0.717) is 17.2 Å². The zero-order chi connectivity index (χ0) is 14.1. The lowest BCUT2D eigenvalue weighted by Gasteiger charge is -2.34. The SMILES string of the molecule is CCC1(C)CN(CC2CCC3(CCCC3)O2)CCCN1. The van der Waals surface area contributed by atoms with Crippen LogP contribution >= 0.6 is 0 Å². The van der Waals surface area contributed by atoms with Crippen molar-refractivity contribution in [2.45, 2.75) is 82.5 Å². The first kappa shape index (κ1) is 14.8. The van der Waals surface area contributed by atoms with Crippen molar-refractivity contribution in [3.63, 3.8) is 0 Å². The quantitative estimate of drug-likeness (QED) is 0.860. The van der Waals surface area contributed by atoms with Crippen LogP contribution in [0.15, 0.2) is 0 Å². The molecule has 2 unspecified atom stereocenters. The van der Waals surface area contributed by atoms with Crippen molar-refractivity contribution in [1.29, 1.82) is 0 Å². The fourth-order valence-electron chi connectivity index (χ4n) is 4.41. The summed E-state index contributed by atoms with van der Waals surface area (Å²) < 4.78 is 6.49. The van der Waals surface area contributed by atoms with Crippen LogP contribution in [0, 0.1) is 0 Å². The number of ether oxygens (including phenoxy) is 1. The van der Waals surface area contributed by atoms with E-state index in [9.17, 15) is 0 Å². The topological polar surface area (TPSA) is 24.5 Å². The summed E-state index contributed by atoms with van der Waals surface area (Å²) >= 11 is 0. The van der Waals surface area contributed by atoms with Crippen molar-refractivity contribution < 1.29 is 4.74 Å². The Hall–Kier alpha value is -0.120. The van der Waals surface area contributed by atoms with Crippen LogP contribution in [0.2, 0.25) is 0 Å². The van der Waals surface area contributed by atoms with E-state index in [2.05, 4.69) is 24.1 Å². The summed E-state index contributed by atoms with van der Waals surface area (Å²) in [4.78, 5) is 2.65. The predicted octanol–water partition coefficient (Wildman–Crippen LogP) is 2.94. The lowest BCUT2D eigenvalue weighted by Crippen LogP contribution is -2.49. The summed E-state index contributed by atoms with van der Waals surface area (Å²) in [5.74, 6) is 0. The van der Waals surface area contributed by atoms with E-state index >= 15 is 0 Å². The molecular weight excluding hydrogens is 248 g/mol. The van der Waals surface area contributed by atoms with Gasteiger partial charge < -0.3 is 10.1 Å². The molecular formula is C17H32N2O. The lowest BCUT2D eigenvalue weighted by atomic mass is 9.97. The number of hydrogen-bond donors (Lipinski definition) is 1. The molecule has 1 spiro atoms. The van der Waals surface area contributed by atoms with Gasteiger partial charge in [0.1, 0.15) is 0 Å². The first-order valence-corrected chi connectivity index (χ1v) is 8.78. The fourth-order valence-corrected chi connectivity index (χ4v) is 4.41. The highest BCUT2D eigenvalue weighted by Crippen LogP contribution is 2.43. The second-order valence-electron chi connectivity index (χ2n) is 7.60. The first-order valence-electron chi connectivity index (χ1n) is 8.78. The molecule has 3 rings (SSSR count). The second-order valence-corrected chi connectivity index (χ2v) is 7.60. The van der Waals surface area contributed by atoms with E-state index < -0.39 is 0 Å². The lowest BCUT2D eigenvalue weighted by molar-refractivity contribution is -0.0483. The van der Waals surface area contributed by atoms with Crippen molar-refractivity contribution in [2.24, 2.45) is 0 Å². The van der Waals surface area contributed by atoms with Crippen molar-refractivity contribution >= 4 is 0 Å². The third kappa shape index (κ3) is 3.20. The fraction of sp³-hybridized carbons (Fsp3) is 1.00. The summed E-state index contributed by atoms with van der Waals surface area (Å²) in [6.45, 7) is 9.40. The second kappa shape index (κ2) is 5.94. The standard InChI is InChI=1S/C17H32N2O/c1-3-16(2)14-19(12-6-11-18-16)13-15-7-10-17(20-15)8-4-5-9-17/h15,18H,3-14H2,1-2H3. The third-order valence-electron chi connectivity index (χ3n) is 5.87. The largest absolute Gasteiger partial charge is 0.370 e. The van der Waals surface area contributed by atoms with Gasteiger partial charge in [-0.25, -0.2) is 0 Å². The van der Waals surface area contributed by atoms with Gasteiger partial charge in [0, 0.05) is 18.6 Å². The highest BCUT2D eigenvalue weighted by molar-refractivity contribution is 4.95. The molecule has 3 nitrogen and oxygen atoms in total. The Morgan fingerprint density at radius 1 is 1.20 bits per heavy atom. The maximum atomic E-state index is 6.49. The summed E-state index contributed by atoms with van der Waals surface area (Å²) in [5.41, 5.74) is 0.586. The summed E-state index contributed by atoms with van der Waals surface area (Å²) in [5, 5.41) is 3.73. The number of nitrogens with one attached hydrogen (secondary N) is 1. The minimum absolute atomic E-state index is 0.292. The highest BCUT2D eigenvalue weighted by atomic mass is 16.5. The molecule has 2 atom stereocenters. The predicted molar refractivity (Wildman–Crippen MR) is 83.1 cm³/mol. The van der Waals surface area contributed by atoms with Crippen molar-refractivity contribution in [1.82, 2.24) is 10.2 Å². The minimum Gasteiger partial charge on any atom is -0.370 e. The van der Waals surface area contributed by atoms with E-state index in [1.165, 1.54) is 64.5 Å². The van der Waals surface area contributed by atoms with Gasteiger partial charge in [-0.3, -0.25) is 4.90 Å². The Kier molecular flexibility index (Phi) is 4.40. The molecule has 2 aliphatic heterocycles. The van der Waals surface area contributed by atoms with E-state index in [0.717, 1.165) is 13.1 Å². The molecule has 3 heteroatoms. The normalized spacial score (nSPS) is 38.4. The molecule has 2 saturated heterocycles. The maximum Gasteiger partial charge on any atom is 0.0710 e. The molecule has 0 aromatic rings. The first-order chi connectivity index (χ1) is 9.63. The van der Waals surface area contributed by atoms with Crippen LogP contribution in [0.1, 0.15) is 65.2 Å². The van der Waals surface area contributed by atoms with Gasteiger partial charge in [0.2, 0.25) is 0 Å². The van der Waals surface area contributed by atoms with Crippen LogP contribution in [0.3, 0.4) is 0 Å². The molecule has 1 saturated carbocycles. The molecule has 0 aromatic carbocycles. The summed E-state index contributed by atoms with van der Waals surface area (Å²) in [6, 6.07) is 0. The van der Waals surface area contributed by atoms with Gasteiger partial charge in [-0.05, 0) is 58.5 Å². The molecule has 2 heterocycles. The average Bonchev–Trinajstić information content (AvgIpc) is 3.00. The Morgan fingerprint density at radius 3 is 2.75 bits per heavy atom. The van der Waals surface area contributed by atoms with Gasteiger partial charge in [-0.2, -0.15) is 0 Å². The monoisotopic (exact) mass is 280 g/mol. The third-order valence-corrected chi connectivity index (χ3v) is 5.87. The molecule has 0 bridgehead atoms. The van der Waals surface area contributed by atoms with Crippen molar-refractivity contribution in [3.8, 4) is 0 Å². The number of hydrogen-bond acceptors (Lipinski definition) is 3. The molecule has 1 aliphatic carbocycles. The summed E-state index contributed by atoms with van der Waals surface area (Å²) in [7, 11) is 0. The molecule has 3 aliphatic rings. The van der Waals surface area contributed by atoms with Crippen molar-refractivity contribution in [2.75, 3.05) is 26.2 Å². The number of nitrogens with zero attached hydrogens (tertiary/aromatic N) is 1. The molecule has 0 aromatic heterocycles. The van der Waals surface area contributed by atoms with Gasteiger partial charge >= 0.3 is 0 Å². The van der Waals surface area contributed by atoms with E-state index in [1.807, 2.05) is 0 Å². The average molecular weight is 280 g/mol. The van der Waals surface area contributed by atoms with Crippen LogP contribution < -0.4 is 5.32 Å². The zero-order valence-electron chi connectivity index (χ0n) is 13.4. The maximum absolute atomic E-state index is 6.49. The van der Waals surface area contributed by atoms with E-state index in [-0.39, 0.29) is 0 Å². The van der Waals surface area contributed by atoms with Crippen LogP contribution in [-0.4, -0.2) is 48.3 Å². The Morgan fingerprint density at radius 2 is 2.00 bits per heavy atom. The van der Waals surface area contributed by atoms with Crippen molar-refractivity contribution in [3.05, 3.63) is 0 Å². The Bertz CT molecular complexity index is 327. The molecule has 0 radical (unpaired) electrons. The minimum atomic E-state index is 0.292.